The Labute approximate surface area is 96.2 Å². The second-order valence-corrected chi connectivity index (χ2v) is 4.22. The van der Waals surface area contributed by atoms with Gasteiger partial charge in [-0.05, 0) is 50.2 Å². The summed E-state index contributed by atoms with van der Waals surface area (Å²) < 4.78 is 25.5. The second kappa shape index (κ2) is 4.61. The number of hydrogen-bond acceptors (Lipinski definition) is 2. The van der Waals surface area contributed by atoms with Crippen LogP contribution in [-0.2, 0) is 6.54 Å². The Morgan fingerprint density at radius 3 is 2.69 bits per heavy atom. The summed E-state index contributed by atoms with van der Waals surface area (Å²) in [7, 11) is 0. The van der Waals surface area contributed by atoms with E-state index in [4.69, 9.17) is 5.73 Å². The van der Waals surface area contributed by atoms with Crippen molar-refractivity contribution in [3.05, 3.63) is 25.5 Å². The van der Waals surface area contributed by atoms with Crippen molar-refractivity contribution in [1.29, 1.82) is 0 Å². The second-order valence-electron chi connectivity index (χ2n) is 2.31. The summed E-state index contributed by atoms with van der Waals surface area (Å²) in [5, 5.41) is 0. The molecule has 0 saturated heterocycles. The zero-order valence-corrected chi connectivity index (χ0v) is 10.1. The van der Waals surface area contributed by atoms with Crippen molar-refractivity contribution in [3.63, 3.8) is 0 Å². The van der Waals surface area contributed by atoms with E-state index in [1.54, 1.807) is 6.07 Å². The third-order valence-corrected chi connectivity index (χ3v) is 3.01. The molecule has 0 saturated carbocycles. The normalized spacial score (nSPS) is 10.9. The van der Waals surface area contributed by atoms with E-state index in [9.17, 15) is 8.78 Å². The third-order valence-electron chi connectivity index (χ3n) is 1.46. The lowest BCUT2D eigenvalue weighted by atomic mass is 10.2. The maximum atomic E-state index is 12.3. The molecular formula is C7H6BrF2IN2. The molecule has 6 heteroatoms. The van der Waals surface area contributed by atoms with E-state index in [1.807, 2.05) is 22.6 Å². The summed E-state index contributed by atoms with van der Waals surface area (Å²) >= 11 is 4.90. The number of rotatable bonds is 2. The molecule has 0 radical (unpaired) electrons. The Hall–Kier alpha value is 0.180. The van der Waals surface area contributed by atoms with Crippen molar-refractivity contribution < 1.29 is 8.78 Å². The van der Waals surface area contributed by atoms with Crippen LogP contribution in [0.25, 0.3) is 0 Å². The Balaban J connectivity index is 3.20. The summed E-state index contributed by atoms with van der Waals surface area (Å²) in [6, 6.07) is 1.61. The fourth-order valence-electron chi connectivity index (χ4n) is 0.814. The highest BCUT2D eigenvalue weighted by Gasteiger charge is 2.15. The maximum absolute atomic E-state index is 12.3. The molecule has 0 unspecified atom stereocenters. The van der Waals surface area contributed by atoms with Gasteiger partial charge in [-0.2, -0.15) is 0 Å². The molecule has 1 aromatic rings. The van der Waals surface area contributed by atoms with Crippen molar-refractivity contribution in [1.82, 2.24) is 4.98 Å². The molecule has 0 amide bonds. The van der Waals surface area contributed by atoms with E-state index in [0.717, 1.165) is 5.56 Å². The Morgan fingerprint density at radius 2 is 2.23 bits per heavy atom. The highest BCUT2D eigenvalue weighted by molar-refractivity contribution is 14.1. The average Bonchev–Trinajstić information content (AvgIpc) is 2.07. The molecule has 1 heterocycles. The minimum atomic E-state index is -2.55. The van der Waals surface area contributed by atoms with Gasteiger partial charge in [0.25, 0.3) is 6.43 Å². The fourth-order valence-corrected chi connectivity index (χ4v) is 2.01. The monoisotopic (exact) mass is 362 g/mol. The first-order valence-electron chi connectivity index (χ1n) is 3.39. The number of aromatic nitrogens is 1. The number of alkyl halides is 2. The van der Waals surface area contributed by atoms with Crippen LogP contribution in [0.15, 0.2) is 10.7 Å². The van der Waals surface area contributed by atoms with E-state index < -0.39 is 6.43 Å². The van der Waals surface area contributed by atoms with Crippen molar-refractivity contribution in [2.75, 3.05) is 0 Å². The topological polar surface area (TPSA) is 38.9 Å². The highest BCUT2D eigenvalue weighted by Crippen LogP contribution is 2.26. The first-order valence-corrected chi connectivity index (χ1v) is 5.26. The van der Waals surface area contributed by atoms with Gasteiger partial charge >= 0.3 is 0 Å². The summed E-state index contributed by atoms with van der Waals surface area (Å²) in [6.45, 7) is 0.285. The molecule has 0 aromatic carbocycles. The number of nitrogens with zero attached hydrogens (tertiary/aromatic N) is 1. The van der Waals surface area contributed by atoms with Crippen LogP contribution < -0.4 is 5.73 Å². The molecule has 1 aromatic heterocycles. The average molecular weight is 363 g/mol. The van der Waals surface area contributed by atoms with Crippen LogP contribution >= 0.6 is 38.5 Å². The molecule has 0 atom stereocenters. The van der Waals surface area contributed by atoms with Gasteiger partial charge in [0.15, 0.2) is 0 Å². The van der Waals surface area contributed by atoms with Crippen molar-refractivity contribution >= 4 is 38.5 Å². The standard InChI is InChI=1S/C7H6BrF2IN2/c8-6-3(2-12)1-4(11)5(13-6)7(9)10/h1,7H,2,12H2. The zero-order chi connectivity index (χ0) is 10.0. The van der Waals surface area contributed by atoms with Crippen LogP contribution in [0.2, 0.25) is 0 Å². The predicted octanol–water partition coefficient (Wildman–Crippen LogP) is 2.85. The lowest BCUT2D eigenvalue weighted by Crippen LogP contribution is -2.03. The Bertz CT molecular complexity index is 320. The maximum Gasteiger partial charge on any atom is 0.281 e. The SMILES string of the molecule is NCc1cc(I)c(C(F)F)nc1Br. The lowest BCUT2D eigenvalue weighted by Gasteiger charge is -2.06. The lowest BCUT2D eigenvalue weighted by molar-refractivity contribution is 0.145. The quantitative estimate of drug-likeness (QED) is 0.649. The van der Waals surface area contributed by atoms with E-state index in [0.29, 0.717) is 8.17 Å². The number of hydrogen-bond donors (Lipinski definition) is 1. The van der Waals surface area contributed by atoms with Gasteiger partial charge in [-0.3, -0.25) is 0 Å². The number of halogens is 4. The van der Waals surface area contributed by atoms with Crippen molar-refractivity contribution in [2.24, 2.45) is 5.73 Å². The summed E-state index contributed by atoms with van der Waals surface area (Å²) in [5.74, 6) is 0. The van der Waals surface area contributed by atoms with Gasteiger partial charge in [-0.1, -0.05) is 0 Å². The molecule has 0 aliphatic heterocycles. The van der Waals surface area contributed by atoms with E-state index in [-0.39, 0.29) is 12.2 Å². The highest BCUT2D eigenvalue weighted by atomic mass is 127. The van der Waals surface area contributed by atoms with Crippen LogP contribution in [0.4, 0.5) is 8.78 Å². The van der Waals surface area contributed by atoms with Gasteiger partial charge in [0.2, 0.25) is 0 Å². The molecule has 2 nitrogen and oxygen atoms in total. The third kappa shape index (κ3) is 2.57. The van der Waals surface area contributed by atoms with E-state index >= 15 is 0 Å². The van der Waals surface area contributed by atoms with E-state index in [2.05, 4.69) is 20.9 Å². The molecular weight excluding hydrogens is 357 g/mol. The van der Waals surface area contributed by atoms with Crippen LogP contribution in [0.1, 0.15) is 17.7 Å². The largest absolute Gasteiger partial charge is 0.326 e. The Morgan fingerprint density at radius 1 is 1.62 bits per heavy atom. The zero-order valence-electron chi connectivity index (χ0n) is 6.40. The fraction of sp³-hybridized carbons (Fsp3) is 0.286. The van der Waals surface area contributed by atoms with Crippen LogP contribution in [0, 0.1) is 3.57 Å². The summed E-state index contributed by atoms with van der Waals surface area (Å²) in [4.78, 5) is 3.72. The molecule has 0 fully saturated rings. The first kappa shape index (κ1) is 11.3. The Kier molecular flexibility index (Phi) is 3.99. The van der Waals surface area contributed by atoms with Crippen LogP contribution in [0.5, 0.6) is 0 Å². The van der Waals surface area contributed by atoms with Gasteiger partial charge in [0.05, 0.1) is 0 Å². The molecule has 0 aliphatic carbocycles. The predicted molar refractivity (Wildman–Crippen MR) is 57.5 cm³/mol. The van der Waals surface area contributed by atoms with Gasteiger partial charge in [0, 0.05) is 10.1 Å². The van der Waals surface area contributed by atoms with Gasteiger partial charge in [0.1, 0.15) is 10.3 Å². The van der Waals surface area contributed by atoms with Crippen molar-refractivity contribution in [2.45, 2.75) is 13.0 Å². The summed E-state index contributed by atoms with van der Waals surface area (Å²) in [5.41, 5.74) is 5.91. The molecule has 13 heavy (non-hydrogen) atoms. The molecule has 0 spiro atoms. The van der Waals surface area contributed by atoms with Crippen molar-refractivity contribution in [3.8, 4) is 0 Å². The minimum Gasteiger partial charge on any atom is -0.326 e. The molecule has 1 rings (SSSR count). The minimum absolute atomic E-state index is 0.204. The smallest absolute Gasteiger partial charge is 0.281 e. The molecule has 2 N–H and O–H groups in total. The van der Waals surface area contributed by atoms with Crippen LogP contribution in [-0.4, -0.2) is 4.98 Å². The van der Waals surface area contributed by atoms with E-state index in [1.165, 1.54) is 0 Å². The van der Waals surface area contributed by atoms with Gasteiger partial charge < -0.3 is 5.73 Å². The number of nitrogens with two attached hydrogens (primary N) is 1. The number of pyridine rings is 1. The van der Waals surface area contributed by atoms with Crippen LogP contribution in [0.3, 0.4) is 0 Å². The van der Waals surface area contributed by atoms with Gasteiger partial charge in [-0.15, -0.1) is 0 Å². The molecule has 0 aliphatic rings. The molecule has 0 bridgehead atoms. The van der Waals surface area contributed by atoms with Gasteiger partial charge in [-0.25, -0.2) is 13.8 Å². The first-order chi connectivity index (χ1) is 6.06. The summed E-state index contributed by atoms with van der Waals surface area (Å²) in [6.07, 6.45) is -2.55. The molecule has 72 valence electrons.